The highest BCUT2D eigenvalue weighted by Gasteiger charge is 2.41. The molecule has 0 heterocycles. The minimum atomic E-state index is -0.0748. The van der Waals surface area contributed by atoms with Crippen molar-refractivity contribution in [2.24, 2.45) is 0 Å². The van der Waals surface area contributed by atoms with E-state index in [1.807, 2.05) is 0 Å². The molecule has 0 unspecified atom stereocenters. The van der Waals surface area contributed by atoms with Crippen molar-refractivity contribution in [2.45, 2.75) is 32.1 Å². The zero-order chi connectivity index (χ0) is 41.9. The van der Waals surface area contributed by atoms with E-state index in [-0.39, 0.29) is 5.41 Å². The summed E-state index contributed by atoms with van der Waals surface area (Å²) in [6, 6.07) is 81.8. The Morgan fingerprint density at radius 3 is 1.32 bits per heavy atom. The fourth-order valence-corrected chi connectivity index (χ4v) is 9.75. The Morgan fingerprint density at radius 2 is 0.774 bits per heavy atom. The number of nitrogens with zero attached hydrogens (tertiary/aromatic N) is 1. The third-order valence-electron chi connectivity index (χ3n) is 12.9. The summed E-state index contributed by atoms with van der Waals surface area (Å²) in [5.41, 5.74) is 21.1. The first-order valence-electron chi connectivity index (χ1n) is 22.0. The highest BCUT2D eigenvalue weighted by molar-refractivity contribution is 5.98. The molecule has 0 amide bonds. The van der Waals surface area contributed by atoms with Crippen LogP contribution in [0.2, 0.25) is 0 Å². The molecule has 1 nitrogen and oxygen atoms in total. The Hall–Kier alpha value is -7.48. The Morgan fingerprint density at radius 1 is 0.339 bits per heavy atom. The van der Waals surface area contributed by atoms with Crippen LogP contribution in [0, 0.1) is 0 Å². The lowest BCUT2D eigenvalue weighted by molar-refractivity contribution is 0.490. The molecule has 0 fully saturated rings. The molecule has 0 aliphatic heterocycles. The molecule has 0 saturated carbocycles. The first kappa shape index (κ1) is 38.7. The molecule has 1 aliphatic rings. The maximum absolute atomic E-state index is 2.46. The molecule has 0 saturated heterocycles. The number of fused-ring (bicyclic) bond motifs is 3. The Balaban J connectivity index is 0.997. The third kappa shape index (κ3) is 7.16. The average molecular weight is 796 g/mol. The van der Waals surface area contributed by atoms with Crippen LogP contribution in [0.3, 0.4) is 0 Å². The van der Waals surface area contributed by atoms with E-state index in [1.165, 1.54) is 83.6 Å². The van der Waals surface area contributed by atoms with E-state index in [0.717, 1.165) is 24.2 Å². The number of rotatable bonds is 11. The first-order chi connectivity index (χ1) is 30.6. The predicted molar refractivity (Wildman–Crippen MR) is 265 cm³/mol. The van der Waals surface area contributed by atoms with Crippen molar-refractivity contribution in [1.82, 2.24) is 0 Å². The van der Waals surface area contributed by atoms with Gasteiger partial charge in [0.25, 0.3) is 0 Å². The normalized spacial score (nSPS) is 12.5. The van der Waals surface area contributed by atoms with Gasteiger partial charge in [-0.3, -0.25) is 0 Å². The van der Waals surface area contributed by atoms with Crippen molar-refractivity contribution in [1.29, 1.82) is 0 Å². The summed E-state index contributed by atoms with van der Waals surface area (Å²) in [6.45, 7) is 4.71. The summed E-state index contributed by atoms with van der Waals surface area (Å²) in [5, 5.41) is 0. The van der Waals surface area contributed by atoms with Crippen LogP contribution in [0.5, 0.6) is 0 Å². The van der Waals surface area contributed by atoms with Crippen molar-refractivity contribution >= 4 is 29.2 Å². The summed E-state index contributed by atoms with van der Waals surface area (Å²) < 4.78 is 0. The summed E-state index contributed by atoms with van der Waals surface area (Å²) in [5.74, 6) is 0. The van der Waals surface area contributed by atoms with Gasteiger partial charge in [0.1, 0.15) is 0 Å². The number of anilines is 3. The van der Waals surface area contributed by atoms with Gasteiger partial charge in [-0.2, -0.15) is 0 Å². The Kier molecular flexibility index (Phi) is 10.5. The van der Waals surface area contributed by atoms with Crippen LogP contribution >= 0.6 is 0 Å². The maximum Gasteiger partial charge on any atom is 0.0465 e. The lowest BCUT2D eigenvalue weighted by atomic mass is 9.73. The number of para-hydroxylation sites is 2. The third-order valence-corrected chi connectivity index (χ3v) is 12.9. The fourth-order valence-electron chi connectivity index (χ4n) is 9.75. The largest absolute Gasteiger partial charge is 0.310 e. The van der Waals surface area contributed by atoms with Gasteiger partial charge in [-0.05, 0) is 139 Å². The maximum atomic E-state index is 2.46. The fraction of sp³-hybridized carbons (Fsp3) is 0.0820. The van der Waals surface area contributed by atoms with Crippen LogP contribution in [0.1, 0.15) is 48.9 Å². The van der Waals surface area contributed by atoms with Crippen LogP contribution in [-0.4, -0.2) is 0 Å². The highest BCUT2D eigenvalue weighted by Crippen LogP contribution is 2.54. The minimum Gasteiger partial charge on any atom is -0.310 e. The second kappa shape index (κ2) is 16.9. The summed E-state index contributed by atoms with van der Waals surface area (Å²) in [6.07, 6.45) is 6.60. The van der Waals surface area contributed by atoms with Crippen LogP contribution < -0.4 is 4.90 Å². The van der Waals surface area contributed by atoms with Crippen molar-refractivity contribution in [2.75, 3.05) is 4.90 Å². The minimum absolute atomic E-state index is 0.0748. The summed E-state index contributed by atoms with van der Waals surface area (Å²) in [4.78, 5) is 2.38. The quantitative estimate of drug-likeness (QED) is 0.118. The van der Waals surface area contributed by atoms with E-state index in [9.17, 15) is 0 Å². The number of hydrogen-bond donors (Lipinski definition) is 0. The SMILES string of the molecule is CCC1(CC)c2cc(/C=C/c3ccc(-c4cc(-c5ccccc5)cc(-c5ccccc5)c4-c4ccccc4)cc3)ccc2-c2ccc(N(c3ccccc3)c3ccccc3)cc21. The molecular formula is C61H49N. The topological polar surface area (TPSA) is 3.24 Å². The molecule has 0 spiro atoms. The lowest BCUT2D eigenvalue weighted by Gasteiger charge is -2.32. The van der Waals surface area contributed by atoms with E-state index in [0.29, 0.717) is 0 Å². The van der Waals surface area contributed by atoms with Gasteiger partial charge < -0.3 is 4.90 Å². The second-order valence-electron chi connectivity index (χ2n) is 16.3. The summed E-state index contributed by atoms with van der Waals surface area (Å²) >= 11 is 0. The van der Waals surface area contributed by atoms with Gasteiger partial charge in [0, 0.05) is 22.5 Å². The molecule has 10 rings (SSSR count). The van der Waals surface area contributed by atoms with Crippen LogP contribution in [0.4, 0.5) is 17.1 Å². The predicted octanol–water partition coefficient (Wildman–Crippen LogP) is 17.1. The lowest BCUT2D eigenvalue weighted by Crippen LogP contribution is -2.23. The molecule has 0 atom stereocenters. The first-order valence-corrected chi connectivity index (χ1v) is 22.0. The molecule has 9 aromatic rings. The van der Waals surface area contributed by atoms with Crippen LogP contribution in [-0.2, 0) is 5.41 Å². The van der Waals surface area contributed by atoms with Crippen molar-refractivity contribution in [3.8, 4) is 55.6 Å². The molecule has 0 N–H and O–H groups in total. The standard InChI is InChI=1S/C61H49N/c1-3-61(4-2)58-40-45(34-38-54(58)55-39-37-53(43-59(55)61)62(51-26-16-8-17-27-51)52-28-18-9-19-29-52)31-30-44-32-35-48(36-33-44)57-42-50(46-20-10-5-11-21-46)41-56(47-22-12-6-13-23-47)60(57)49-24-14-7-15-25-49/h5-43H,3-4H2,1-2H3/b31-30+. The Labute approximate surface area is 367 Å². The van der Waals surface area contributed by atoms with Gasteiger partial charge in [0.05, 0.1) is 0 Å². The molecule has 1 heteroatoms. The molecule has 0 aromatic heterocycles. The second-order valence-corrected chi connectivity index (χ2v) is 16.3. The van der Waals surface area contributed by atoms with Gasteiger partial charge in [-0.15, -0.1) is 0 Å². The molecule has 298 valence electrons. The van der Waals surface area contributed by atoms with Crippen molar-refractivity contribution < 1.29 is 0 Å². The number of benzene rings is 9. The van der Waals surface area contributed by atoms with E-state index in [2.05, 4.69) is 255 Å². The van der Waals surface area contributed by atoms with Gasteiger partial charge in [0.2, 0.25) is 0 Å². The molecule has 62 heavy (non-hydrogen) atoms. The average Bonchev–Trinajstić information content (AvgIpc) is 3.63. The zero-order valence-corrected chi connectivity index (χ0v) is 35.4. The van der Waals surface area contributed by atoms with Crippen molar-refractivity contribution in [3.63, 3.8) is 0 Å². The van der Waals surface area contributed by atoms with E-state index < -0.39 is 0 Å². The molecule has 1 aliphatic carbocycles. The van der Waals surface area contributed by atoms with Gasteiger partial charge in [-0.25, -0.2) is 0 Å². The van der Waals surface area contributed by atoms with Crippen molar-refractivity contribution in [3.05, 3.63) is 247 Å². The van der Waals surface area contributed by atoms with Gasteiger partial charge in [0.15, 0.2) is 0 Å². The van der Waals surface area contributed by atoms with Crippen LogP contribution in [0.25, 0.3) is 67.8 Å². The smallest absolute Gasteiger partial charge is 0.0465 e. The van der Waals surface area contributed by atoms with Crippen LogP contribution in [0.15, 0.2) is 224 Å². The van der Waals surface area contributed by atoms with Gasteiger partial charge in [-0.1, -0.05) is 202 Å². The van der Waals surface area contributed by atoms with Gasteiger partial charge >= 0.3 is 0 Å². The zero-order valence-electron chi connectivity index (χ0n) is 35.4. The molecular weight excluding hydrogens is 747 g/mol. The molecule has 0 radical (unpaired) electrons. The molecule has 0 bridgehead atoms. The summed E-state index contributed by atoms with van der Waals surface area (Å²) in [7, 11) is 0. The van der Waals surface area contributed by atoms with E-state index in [4.69, 9.17) is 0 Å². The molecule has 9 aromatic carbocycles. The van der Waals surface area contributed by atoms with E-state index >= 15 is 0 Å². The monoisotopic (exact) mass is 795 g/mol. The Bertz CT molecular complexity index is 2940. The number of hydrogen-bond acceptors (Lipinski definition) is 1. The highest BCUT2D eigenvalue weighted by atomic mass is 15.1. The van der Waals surface area contributed by atoms with E-state index in [1.54, 1.807) is 0 Å².